The van der Waals surface area contributed by atoms with E-state index in [1.807, 2.05) is 0 Å². The van der Waals surface area contributed by atoms with Crippen molar-refractivity contribution < 1.29 is 28.7 Å². The van der Waals surface area contributed by atoms with Gasteiger partial charge in [0, 0.05) is 18.8 Å². The van der Waals surface area contributed by atoms with Crippen LogP contribution in [0.4, 0.5) is 0 Å². The third-order valence-electron chi connectivity index (χ3n) is 3.16. The fraction of sp³-hybridized carbons (Fsp3) is 0.789. The zero-order valence-corrected chi connectivity index (χ0v) is 16.7. The Morgan fingerprint density at radius 3 is 1.68 bits per heavy atom. The molecule has 0 N–H and O–H groups in total. The minimum absolute atomic E-state index is 0.0955. The number of carbonyl (C=O) groups excluding carboxylic acids is 4. The van der Waals surface area contributed by atoms with Crippen molar-refractivity contribution in [2.75, 3.05) is 0 Å². The highest BCUT2D eigenvalue weighted by Crippen LogP contribution is 2.22. The molecule has 0 saturated heterocycles. The third-order valence-corrected chi connectivity index (χ3v) is 3.16. The van der Waals surface area contributed by atoms with E-state index in [0.717, 1.165) is 0 Å². The van der Waals surface area contributed by atoms with Gasteiger partial charge in [-0.05, 0) is 48.5 Å². The number of Topliss-reactive ketones (excluding diaryl/α,β-unsaturated/α-hetero) is 2. The van der Waals surface area contributed by atoms with Crippen LogP contribution in [-0.4, -0.2) is 34.7 Å². The number of carbonyl (C=O) groups is 4. The molecule has 6 heteroatoms. The topological polar surface area (TPSA) is 86.7 Å². The summed E-state index contributed by atoms with van der Waals surface area (Å²) in [5.41, 5.74) is -1.40. The lowest BCUT2D eigenvalue weighted by atomic mass is 9.90. The first kappa shape index (κ1) is 23.3. The number of ether oxygens (including phenoxy) is 2. The normalized spacial score (nSPS) is 14.4. The summed E-state index contributed by atoms with van der Waals surface area (Å²) >= 11 is 0. The fourth-order valence-electron chi connectivity index (χ4n) is 2.20. The van der Waals surface area contributed by atoms with E-state index in [4.69, 9.17) is 9.47 Å². The molecule has 0 radical (unpaired) electrons. The molecule has 0 rings (SSSR count). The van der Waals surface area contributed by atoms with E-state index in [2.05, 4.69) is 0 Å². The molecule has 0 aromatic heterocycles. The van der Waals surface area contributed by atoms with Gasteiger partial charge in [0.2, 0.25) is 0 Å². The fourth-order valence-corrected chi connectivity index (χ4v) is 2.20. The van der Waals surface area contributed by atoms with Crippen LogP contribution in [0.3, 0.4) is 0 Å². The van der Waals surface area contributed by atoms with Gasteiger partial charge < -0.3 is 14.3 Å². The predicted molar refractivity (Wildman–Crippen MR) is 93.9 cm³/mol. The van der Waals surface area contributed by atoms with E-state index in [-0.39, 0.29) is 30.8 Å². The van der Waals surface area contributed by atoms with Gasteiger partial charge in [-0.25, -0.2) is 0 Å². The minimum atomic E-state index is -0.920. The Morgan fingerprint density at radius 2 is 1.28 bits per heavy atom. The summed E-state index contributed by atoms with van der Waals surface area (Å²) in [6.07, 6.45) is -0.264. The summed E-state index contributed by atoms with van der Waals surface area (Å²) in [4.78, 5) is 48.0. The van der Waals surface area contributed by atoms with Crippen molar-refractivity contribution in [3.63, 3.8) is 0 Å². The quantitative estimate of drug-likeness (QED) is 0.621. The van der Waals surface area contributed by atoms with Crippen LogP contribution in [0.25, 0.3) is 0 Å². The number of esters is 2. The van der Waals surface area contributed by atoms with Crippen molar-refractivity contribution in [3.8, 4) is 0 Å². The van der Waals surface area contributed by atoms with Gasteiger partial charge in [0.15, 0.2) is 0 Å². The van der Waals surface area contributed by atoms with Gasteiger partial charge in [-0.1, -0.05) is 6.92 Å². The Morgan fingerprint density at radius 1 is 0.800 bits per heavy atom. The summed E-state index contributed by atoms with van der Waals surface area (Å²) in [5.74, 6) is -2.93. The first-order chi connectivity index (χ1) is 11.1. The highest BCUT2D eigenvalue weighted by atomic mass is 16.6. The van der Waals surface area contributed by atoms with Gasteiger partial charge in [-0.3, -0.25) is 14.4 Å². The molecule has 0 heterocycles. The van der Waals surface area contributed by atoms with Gasteiger partial charge >= 0.3 is 11.9 Å². The zero-order valence-electron chi connectivity index (χ0n) is 16.7. The van der Waals surface area contributed by atoms with Crippen LogP contribution in [0.2, 0.25) is 0 Å². The summed E-state index contributed by atoms with van der Waals surface area (Å²) in [6.45, 7) is 13.4. The average molecular weight is 356 g/mol. The minimum Gasteiger partial charge on any atom is -0.460 e. The molecule has 0 fully saturated rings. The molecule has 0 aliphatic rings. The molecule has 0 aromatic rings. The largest absolute Gasteiger partial charge is 0.460 e. The number of ketones is 2. The molecular formula is C19H32O6. The van der Waals surface area contributed by atoms with E-state index in [0.29, 0.717) is 0 Å². The maximum absolute atomic E-state index is 12.4. The predicted octanol–water partition coefficient (Wildman–Crippen LogP) is 3.25. The first-order valence-electron chi connectivity index (χ1n) is 8.57. The Hall–Kier alpha value is -1.72. The highest BCUT2D eigenvalue weighted by Gasteiger charge is 2.32. The number of hydrogen-bond donors (Lipinski definition) is 0. The van der Waals surface area contributed by atoms with E-state index >= 15 is 0 Å². The summed E-state index contributed by atoms with van der Waals surface area (Å²) < 4.78 is 10.6. The second kappa shape index (κ2) is 9.11. The van der Waals surface area contributed by atoms with Crippen LogP contribution in [0.5, 0.6) is 0 Å². The third kappa shape index (κ3) is 11.5. The monoisotopic (exact) mass is 356 g/mol. The Bertz CT molecular complexity index is 507. The Labute approximate surface area is 150 Å². The summed E-state index contributed by atoms with van der Waals surface area (Å²) in [6, 6.07) is 0. The van der Waals surface area contributed by atoms with Crippen molar-refractivity contribution in [2.45, 2.75) is 85.9 Å². The molecule has 0 aromatic carbocycles. The van der Waals surface area contributed by atoms with Crippen molar-refractivity contribution in [1.82, 2.24) is 0 Å². The molecule has 144 valence electrons. The standard InChI is InChI=1S/C19H32O6/c1-12(9-13(2)20)15(21)10-14(17(23)25-19(6,7)8)11-16(22)24-18(3,4)5/h12,14H,9-11H2,1-8H3/t12-,14-/m0/s1. The molecule has 0 amide bonds. The molecule has 0 spiro atoms. The van der Waals surface area contributed by atoms with Gasteiger partial charge in [0.1, 0.15) is 22.8 Å². The second-order valence-corrected chi connectivity index (χ2v) is 8.50. The van der Waals surface area contributed by atoms with Crippen molar-refractivity contribution in [1.29, 1.82) is 0 Å². The van der Waals surface area contributed by atoms with Crippen LogP contribution in [-0.2, 0) is 28.7 Å². The second-order valence-electron chi connectivity index (χ2n) is 8.50. The molecule has 0 bridgehead atoms. The smallest absolute Gasteiger partial charge is 0.310 e. The van der Waals surface area contributed by atoms with Crippen molar-refractivity contribution in [3.05, 3.63) is 0 Å². The average Bonchev–Trinajstić information content (AvgIpc) is 2.32. The van der Waals surface area contributed by atoms with Gasteiger partial charge in [0.05, 0.1) is 12.3 Å². The summed E-state index contributed by atoms with van der Waals surface area (Å²) in [5, 5.41) is 0. The Balaban J connectivity index is 5.13. The molecule has 0 aliphatic heterocycles. The van der Waals surface area contributed by atoms with Gasteiger partial charge in [0.25, 0.3) is 0 Å². The number of rotatable bonds is 8. The molecule has 0 unspecified atom stereocenters. The van der Waals surface area contributed by atoms with E-state index in [1.165, 1.54) is 6.92 Å². The lowest BCUT2D eigenvalue weighted by molar-refractivity contribution is -0.168. The Kier molecular flexibility index (Phi) is 8.48. The van der Waals surface area contributed by atoms with Gasteiger partial charge in [-0.2, -0.15) is 0 Å². The highest BCUT2D eigenvalue weighted by molar-refractivity contribution is 5.90. The number of hydrogen-bond acceptors (Lipinski definition) is 6. The zero-order chi connectivity index (χ0) is 20.0. The van der Waals surface area contributed by atoms with Crippen LogP contribution < -0.4 is 0 Å². The van der Waals surface area contributed by atoms with Crippen molar-refractivity contribution >= 4 is 23.5 Å². The molecular weight excluding hydrogens is 324 g/mol. The van der Waals surface area contributed by atoms with Gasteiger partial charge in [-0.15, -0.1) is 0 Å². The molecule has 25 heavy (non-hydrogen) atoms. The maximum Gasteiger partial charge on any atom is 0.310 e. The molecule has 6 nitrogen and oxygen atoms in total. The lowest BCUT2D eigenvalue weighted by Crippen LogP contribution is -2.33. The van der Waals surface area contributed by atoms with Crippen molar-refractivity contribution in [2.24, 2.45) is 11.8 Å². The van der Waals surface area contributed by atoms with Crippen LogP contribution in [0.15, 0.2) is 0 Å². The molecule has 2 atom stereocenters. The molecule has 0 aliphatic carbocycles. The van der Waals surface area contributed by atoms with Crippen LogP contribution >= 0.6 is 0 Å². The van der Waals surface area contributed by atoms with E-state index in [9.17, 15) is 19.2 Å². The first-order valence-corrected chi connectivity index (χ1v) is 8.57. The maximum atomic E-state index is 12.4. The lowest BCUT2D eigenvalue weighted by Gasteiger charge is -2.25. The van der Waals surface area contributed by atoms with E-state index in [1.54, 1.807) is 48.5 Å². The van der Waals surface area contributed by atoms with E-state index < -0.39 is 35.0 Å². The SMILES string of the molecule is CC(=O)C[C@H](C)C(=O)C[C@@H](CC(=O)OC(C)(C)C)C(=O)OC(C)(C)C. The van der Waals surface area contributed by atoms with Crippen LogP contribution in [0.1, 0.15) is 74.7 Å². The molecule has 0 saturated carbocycles. The van der Waals surface area contributed by atoms with Crippen LogP contribution in [0, 0.1) is 11.8 Å². The summed E-state index contributed by atoms with van der Waals surface area (Å²) in [7, 11) is 0.